The Kier molecular flexibility index (Phi) is 5.89. The highest BCUT2D eigenvalue weighted by molar-refractivity contribution is 5.73. The van der Waals surface area contributed by atoms with E-state index in [1.807, 2.05) is 18.7 Å². The average Bonchev–Trinajstić information content (AvgIpc) is 2.16. The van der Waals surface area contributed by atoms with E-state index in [-0.39, 0.29) is 5.92 Å². The summed E-state index contributed by atoms with van der Waals surface area (Å²) in [7, 11) is 0. The standard InChI is InChI=1S/C10H18N2O2/c1-4-9(10(13)14)12(5-2)7-8(3)6-11/h8-9H,4-5,7H2,1-3H3,(H,13,14). The minimum Gasteiger partial charge on any atom is -0.480 e. The maximum absolute atomic E-state index is 10.9. The molecule has 4 nitrogen and oxygen atoms in total. The van der Waals surface area contributed by atoms with Gasteiger partial charge in [0.15, 0.2) is 0 Å². The molecular weight excluding hydrogens is 180 g/mol. The van der Waals surface area contributed by atoms with Crippen LogP contribution in [0.4, 0.5) is 0 Å². The number of carboxylic acid groups (broad SMARTS) is 1. The SMILES string of the molecule is CCC(C(=O)O)N(CC)CC(C)C#N. The molecule has 0 bridgehead atoms. The summed E-state index contributed by atoms with van der Waals surface area (Å²) >= 11 is 0. The number of aliphatic carboxylic acids is 1. The lowest BCUT2D eigenvalue weighted by Crippen LogP contribution is -2.42. The minimum absolute atomic E-state index is 0.122. The van der Waals surface area contributed by atoms with Gasteiger partial charge in [0.2, 0.25) is 0 Å². The lowest BCUT2D eigenvalue weighted by molar-refractivity contribution is -0.143. The zero-order valence-corrected chi connectivity index (χ0v) is 9.03. The van der Waals surface area contributed by atoms with Gasteiger partial charge in [0, 0.05) is 6.54 Å². The number of likely N-dealkylation sites (N-methyl/N-ethyl adjacent to an activating group) is 1. The van der Waals surface area contributed by atoms with E-state index in [0.717, 1.165) is 0 Å². The quantitative estimate of drug-likeness (QED) is 0.699. The summed E-state index contributed by atoms with van der Waals surface area (Å²) in [6.45, 7) is 6.75. The highest BCUT2D eigenvalue weighted by atomic mass is 16.4. The first-order valence-corrected chi connectivity index (χ1v) is 4.93. The monoisotopic (exact) mass is 198 g/mol. The topological polar surface area (TPSA) is 64.3 Å². The number of carbonyl (C=O) groups is 1. The van der Waals surface area contributed by atoms with E-state index in [0.29, 0.717) is 19.5 Å². The molecule has 0 fully saturated rings. The third kappa shape index (κ3) is 3.75. The second kappa shape index (κ2) is 6.39. The Morgan fingerprint density at radius 2 is 2.14 bits per heavy atom. The van der Waals surface area contributed by atoms with Crippen molar-refractivity contribution < 1.29 is 9.90 Å². The maximum Gasteiger partial charge on any atom is 0.320 e. The van der Waals surface area contributed by atoms with Crippen LogP contribution in [0.3, 0.4) is 0 Å². The minimum atomic E-state index is -0.806. The molecule has 14 heavy (non-hydrogen) atoms. The molecule has 0 aromatic rings. The van der Waals surface area contributed by atoms with Gasteiger partial charge in [0.1, 0.15) is 6.04 Å². The van der Waals surface area contributed by atoms with E-state index in [1.165, 1.54) is 0 Å². The van der Waals surface area contributed by atoms with Crippen molar-refractivity contribution in [2.75, 3.05) is 13.1 Å². The summed E-state index contributed by atoms with van der Waals surface area (Å²) in [5.41, 5.74) is 0. The van der Waals surface area contributed by atoms with Gasteiger partial charge in [-0.15, -0.1) is 0 Å². The summed E-state index contributed by atoms with van der Waals surface area (Å²) in [4.78, 5) is 12.7. The van der Waals surface area contributed by atoms with Crippen molar-refractivity contribution in [1.82, 2.24) is 4.90 Å². The Balaban J connectivity index is 4.38. The van der Waals surface area contributed by atoms with Crippen molar-refractivity contribution in [3.63, 3.8) is 0 Å². The molecule has 0 spiro atoms. The smallest absolute Gasteiger partial charge is 0.320 e. The highest BCUT2D eigenvalue weighted by Crippen LogP contribution is 2.07. The van der Waals surface area contributed by atoms with Crippen LogP contribution < -0.4 is 0 Å². The number of nitriles is 1. The van der Waals surface area contributed by atoms with Crippen molar-refractivity contribution >= 4 is 5.97 Å². The number of hydrogen-bond donors (Lipinski definition) is 1. The van der Waals surface area contributed by atoms with Crippen molar-refractivity contribution in [3.05, 3.63) is 0 Å². The van der Waals surface area contributed by atoms with Gasteiger partial charge >= 0.3 is 5.97 Å². The summed E-state index contributed by atoms with van der Waals surface area (Å²) in [5, 5.41) is 17.6. The molecule has 2 unspecified atom stereocenters. The van der Waals surface area contributed by atoms with Crippen LogP contribution >= 0.6 is 0 Å². The molecule has 80 valence electrons. The molecule has 1 N–H and O–H groups in total. The first kappa shape index (κ1) is 12.9. The summed E-state index contributed by atoms with van der Waals surface area (Å²) < 4.78 is 0. The van der Waals surface area contributed by atoms with Crippen LogP contribution in [0.2, 0.25) is 0 Å². The Morgan fingerprint density at radius 3 is 2.43 bits per heavy atom. The Labute approximate surface area is 85.1 Å². The summed E-state index contributed by atoms with van der Waals surface area (Å²) in [6.07, 6.45) is 0.571. The third-order valence-electron chi connectivity index (χ3n) is 2.25. The van der Waals surface area contributed by atoms with Crippen LogP contribution in [0, 0.1) is 17.2 Å². The van der Waals surface area contributed by atoms with Crippen molar-refractivity contribution in [1.29, 1.82) is 5.26 Å². The van der Waals surface area contributed by atoms with Crippen LogP contribution in [-0.4, -0.2) is 35.1 Å². The molecule has 0 aromatic heterocycles. The number of hydrogen-bond acceptors (Lipinski definition) is 3. The number of rotatable bonds is 6. The third-order valence-corrected chi connectivity index (χ3v) is 2.25. The predicted molar refractivity (Wildman–Crippen MR) is 53.7 cm³/mol. The Hall–Kier alpha value is -1.08. The van der Waals surface area contributed by atoms with Crippen LogP contribution in [0.25, 0.3) is 0 Å². The lowest BCUT2D eigenvalue weighted by Gasteiger charge is -2.27. The first-order chi connectivity index (χ1) is 6.56. The molecule has 4 heteroatoms. The van der Waals surface area contributed by atoms with Crippen LogP contribution in [-0.2, 0) is 4.79 Å². The normalized spacial score (nSPS) is 14.8. The number of carboxylic acids is 1. The van der Waals surface area contributed by atoms with Gasteiger partial charge in [-0.05, 0) is 19.9 Å². The Bertz CT molecular complexity index is 223. The molecule has 2 atom stereocenters. The molecule has 0 heterocycles. The lowest BCUT2D eigenvalue weighted by atomic mass is 10.1. The highest BCUT2D eigenvalue weighted by Gasteiger charge is 2.23. The predicted octanol–water partition coefficient (Wildman–Crippen LogP) is 1.33. The van der Waals surface area contributed by atoms with Crippen molar-refractivity contribution in [3.8, 4) is 6.07 Å². The molecule has 0 aliphatic heterocycles. The molecule has 0 aliphatic rings. The van der Waals surface area contributed by atoms with E-state index in [1.54, 1.807) is 6.92 Å². The van der Waals surface area contributed by atoms with Crippen molar-refractivity contribution in [2.45, 2.75) is 33.2 Å². The zero-order valence-electron chi connectivity index (χ0n) is 9.03. The molecular formula is C10H18N2O2. The van der Waals surface area contributed by atoms with Gasteiger partial charge in [-0.1, -0.05) is 13.8 Å². The van der Waals surface area contributed by atoms with E-state index in [9.17, 15) is 4.79 Å². The largest absolute Gasteiger partial charge is 0.480 e. The fraction of sp³-hybridized carbons (Fsp3) is 0.800. The molecule has 0 aliphatic carbocycles. The van der Waals surface area contributed by atoms with E-state index in [2.05, 4.69) is 6.07 Å². The van der Waals surface area contributed by atoms with E-state index >= 15 is 0 Å². The summed E-state index contributed by atoms with van der Waals surface area (Å²) in [6, 6.07) is 1.65. The average molecular weight is 198 g/mol. The second-order valence-electron chi connectivity index (χ2n) is 3.38. The molecule has 0 amide bonds. The number of nitrogens with zero attached hydrogens (tertiary/aromatic N) is 2. The van der Waals surface area contributed by atoms with Gasteiger partial charge in [0.05, 0.1) is 12.0 Å². The van der Waals surface area contributed by atoms with E-state index < -0.39 is 12.0 Å². The van der Waals surface area contributed by atoms with Crippen LogP contribution in [0.5, 0.6) is 0 Å². The van der Waals surface area contributed by atoms with Gasteiger partial charge in [0.25, 0.3) is 0 Å². The van der Waals surface area contributed by atoms with E-state index in [4.69, 9.17) is 10.4 Å². The van der Waals surface area contributed by atoms with Gasteiger partial charge in [-0.3, -0.25) is 9.69 Å². The fourth-order valence-electron chi connectivity index (χ4n) is 1.46. The van der Waals surface area contributed by atoms with Crippen LogP contribution in [0.15, 0.2) is 0 Å². The molecule has 0 aromatic carbocycles. The molecule has 0 radical (unpaired) electrons. The molecule has 0 saturated heterocycles. The van der Waals surface area contributed by atoms with Gasteiger partial charge < -0.3 is 5.11 Å². The molecule has 0 rings (SSSR count). The summed E-state index contributed by atoms with van der Waals surface area (Å²) in [5.74, 6) is -0.928. The maximum atomic E-state index is 10.9. The Morgan fingerprint density at radius 1 is 1.57 bits per heavy atom. The van der Waals surface area contributed by atoms with Gasteiger partial charge in [-0.2, -0.15) is 5.26 Å². The van der Waals surface area contributed by atoms with Crippen LogP contribution in [0.1, 0.15) is 27.2 Å². The second-order valence-corrected chi connectivity index (χ2v) is 3.38. The van der Waals surface area contributed by atoms with Crippen molar-refractivity contribution in [2.24, 2.45) is 5.92 Å². The van der Waals surface area contributed by atoms with Gasteiger partial charge in [-0.25, -0.2) is 0 Å². The zero-order chi connectivity index (χ0) is 11.1. The first-order valence-electron chi connectivity index (χ1n) is 4.93. The molecule has 0 saturated carbocycles. The fourth-order valence-corrected chi connectivity index (χ4v) is 1.46.